The number of anilines is 1. The van der Waals surface area contributed by atoms with Crippen LogP contribution in [0.3, 0.4) is 0 Å². The molecule has 2 heterocycles. The SMILES string of the molecule is Cc1cn(-c2cc(NC(=O)NC(c3ccc4c(c3)CCCC4)c3cccs3)cc(C(F)(F)F)c2)cn1. The van der Waals surface area contributed by atoms with Gasteiger partial charge in [-0.1, -0.05) is 24.3 Å². The van der Waals surface area contributed by atoms with Crippen LogP contribution in [-0.4, -0.2) is 15.6 Å². The summed E-state index contributed by atoms with van der Waals surface area (Å²) in [6, 6.07) is 12.6. The van der Waals surface area contributed by atoms with Gasteiger partial charge in [-0.25, -0.2) is 9.78 Å². The Morgan fingerprint density at radius 1 is 1.08 bits per heavy atom. The molecular formula is C27H25F3N4OS. The number of nitrogens with one attached hydrogen (secondary N) is 2. The number of amides is 2. The fraction of sp³-hybridized carbons (Fsp3) is 0.259. The lowest BCUT2D eigenvalue weighted by molar-refractivity contribution is -0.137. The zero-order valence-corrected chi connectivity index (χ0v) is 20.4. The van der Waals surface area contributed by atoms with Crippen molar-refractivity contribution < 1.29 is 18.0 Å². The normalized spacial score (nSPS) is 14.2. The van der Waals surface area contributed by atoms with Crippen molar-refractivity contribution in [3.8, 4) is 5.69 Å². The van der Waals surface area contributed by atoms with E-state index in [-0.39, 0.29) is 11.4 Å². The van der Waals surface area contributed by atoms with Crippen LogP contribution in [-0.2, 0) is 19.0 Å². The predicted octanol–water partition coefficient (Wildman–Crippen LogP) is 7.05. The van der Waals surface area contributed by atoms with E-state index in [9.17, 15) is 18.0 Å². The van der Waals surface area contributed by atoms with E-state index in [4.69, 9.17) is 0 Å². The second kappa shape index (κ2) is 9.81. The lowest BCUT2D eigenvalue weighted by atomic mass is 9.89. The molecule has 0 fully saturated rings. The third-order valence-corrected chi connectivity index (χ3v) is 7.26. The standard InChI is InChI=1S/C27H25F3N4OS/c1-17-15-34(16-31-17)23-13-21(27(28,29)30)12-22(14-23)32-26(35)33-25(24-7-4-10-36-24)20-9-8-18-5-2-3-6-19(18)11-20/h4,7-16,25H,2-3,5-6H2,1H3,(H2,32,33,35). The molecule has 2 aromatic heterocycles. The summed E-state index contributed by atoms with van der Waals surface area (Å²) in [5.41, 5.74) is 3.69. The van der Waals surface area contributed by atoms with Gasteiger partial charge < -0.3 is 15.2 Å². The van der Waals surface area contributed by atoms with Gasteiger partial charge in [0.15, 0.2) is 0 Å². The number of carbonyl (C=O) groups excluding carboxylic acids is 1. The molecule has 0 saturated heterocycles. The van der Waals surface area contributed by atoms with E-state index in [2.05, 4.69) is 27.8 Å². The fourth-order valence-corrected chi connectivity index (χ4v) is 5.37. The highest BCUT2D eigenvalue weighted by Gasteiger charge is 2.32. The Hall–Kier alpha value is -3.59. The lowest BCUT2D eigenvalue weighted by Gasteiger charge is -2.22. The first-order valence-electron chi connectivity index (χ1n) is 11.7. The van der Waals surface area contributed by atoms with Gasteiger partial charge in [-0.15, -0.1) is 11.3 Å². The minimum atomic E-state index is -4.57. The molecule has 2 aromatic carbocycles. The van der Waals surface area contributed by atoms with E-state index in [0.29, 0.717) is 5.69 Å². The van der Waals surface area contributed by atoms with Crippen LogP contribution in [0.5, 0.6) is 0 Å². The first-order chi connectivity index (χ1) is 17.3. The van der Waals surface area contributed by atoms with Crippen molar-refractivity contribution in [3.63, 3.8) is 0 Å². The maximum atomic E-state index is 13.6. The van der Waals surface area contributed by atoms with Crippen LogP contribution in [0.15, 0.2) is 66.4 Å². The molecule has 0 aliphatic heterocycles. The van der Waals surface area contributed by atoms with Crippen molar-refractivity contribution in [2.45, 2.75) is 44.8 Å². The Labute approximate surface area is 211 Å². The quantitative estimate of drug-likeness (QED) is 0.302. The Bertz CT molecular complexity index is 1380. The van der Waals surface area contributed by atoms with E-state index >= 15 is 0 Å². The number of benzene rings is 2. The van der Waals surface area contributed by atoms with Crippen LogP contribution in [0.2, 0.25) is 0 Å². The van der Waals surface area contributed by atoms with Gasteiger partial charge in [0.1, 0.15) is 0 Å². The number of carbonyl (C=O) groups is 1. The number of thiophene rings is 1. The van der Waals surface area contributed by atoms with Crippen LogP contribution in [0.1, 0.15) is 51.7 Å². The first-order valence-corrected chi connectivity index (χ1v) is 12.6. The molecule has 0 bridgehead atoms. The monoisotopic (exact) mass is 510 g/mol. The van der Waals surface area contributed by atoms with Gasteiger partial charge in [0, 0.05) is 22.4 Å². The second-order valence-electron chi connectivity index (χ2n) is 8.97. The summed E-state index contributed by atoms with van der Waals surface area (Å²) in [6.07, 6.45) is 2.89. The number of hydrogen-bond acceptors (Lipinski definition) is 3. The molecule has 2 N–H and O–H groups in total. The van der Waals surface area contributed by atoms with Gasteiger partial charge >= 0.3 is 12.2 Å². The lowest BCUT2D eigenvalue weighted by Crippen LogP contribution is -2.33. The summed E-state index contributed by atoms with van der Waals surface area (Å²) in [4.78, 5) is 18.1. The molecule has 2 amide bonds. The number of halogens is 3. The maximum absolute atomic E-state index is 13.6. The highest BCUT2D eigenvalue weighted by atomic mass is 32.1. The maximum Gasteiger partial charge on any atom is 0.416 e. The van der Waals surface area contributed by atoms with Crippen molar-refractivity contribution in [2.75, 3.05) is 5.32 Å². The number of nitrogens with zero attached hydrogens (tertiary/aromatic N) is 2. The average molecular weight is 511 g/mol. The number of rotatable bonds is 5. The Morgan fingerprint density at radius 2 is 1.89 bits per heavy atom. The molecule has 1 aliphatic carbocycles. The number of aryl methyl sites for hydroxylation is 3. The highest BCUT2D eigenvalue weighted by molar-refractivity contribution is 7.10. The third-order valence-electron chi connectivity index (χ3n) is 6.32. The number of urea groups is 1. The molecular weight excluding hydrogens is 485 g/mol. The highest BCUT2D eigenvalue weighted by Crippen LogP contribution is 2.34. The van der Waals surface area contributed by atoms with Crippen LogP contribution >= 0.6 is 11.3 Å². The van der Waals surface area contributed by atoms with Crippen molar-refractivity contribution in [3.05, 3.63) is 99.3 Å². The average Bonchev–Trinajstić information content (AvgIpc) is 3.54. The predicted molar refractivity (Wildman–Crippen MR) is 135 cm³/mol. The van der Waals surface area contributed by atoms with Crippen molar-refractivity contribution in [1.82, 2.24) is 14.9 Å². The summed E-state index contributed by atoms with van der Waals surface area (Å²) >= 11 is 1.52. The summed E-state index contributed by atoms with van der Waals surface area (Å²) in [5, 5.41) is 7.53. The zero-order chi connectivity index (χ0) is 25.3. The van der Waals surface area contributed by atoms with E-state index in [1.165, 1.54) is 45.8 Å². The molecule has 186 valence electrons. The molecule has 36 heavy (non-hydrogen) atoms. The molecule has 5 nitrogen and oxygen atoms in total. The van der Waals surface area contributed by atoms with Crippen LogP contribution in [0.25, 0.3) is 5.69 Å². The summed E-state index contributed by atoms with van der Waals surface area (Å²) in [6.45, 7) is 1.75. The van der Waals surface area contributed by atoms with E-state index in [0.717, 1.165) is 41.8 Å². The Kier molecular flexibility index (Phi) is 6.57. The second-order valence-corrected chi connectivity index (χ2v) is 9.95. The molecule has 9 heteroatoms. The molecule has 0 radical (unpaired) electrons. The van der Waals surface area contributed by atoms with Gasteiger partial charge in [0.05, 0.1) is 23.6 Å². The fourth-order valence-electron chi connectivity index (χ4n) is 4.56. The molecule has 1 aliphatic rings. The smallest absolute Gasteiger partial charge is 0.326 e. The number of alkyl halides is 3. The van der Waals surface area contributed by atoms with Crippen LogP contribution < -0.4 is 10.6 Å². The molecule has 1 atom stereocenters. The number of aromatic nitrogens is 2. The van der Waals surface area contributed by atoms with Crippen molar-refractivity contribution >= 4 is 23.1 Å². The summed E-state index contributed by atoms with van der Waals surface area (Å²) in [5.74, 6) is 0. The zero-order valence-electron chi connectivity index (χ0n) is 19.6. The molecule has 4 aromatic rings. The first kappa shape index (κ1) is 24.1. The van der Waals surface area contributed by atoms with E-state index in [1.54, 1.807) is 13.1 Å². The van der Waals surface area contributed by atoms with Gasteiger partial charge in [-0.05, 0) is 78.9 Å². The van der Waals surface area contributed by atoms with E-state index < -0.39 is 23.8 Å². The summed E-state index contributed by atoms with van der Waals surface area (Å²) in [7, 11) is 0. The topological polar surface area (TPSA) is 59.0 Å². The number of fused-ring (bicyclic) bond motifs is 1. The van der Waals surface area contributed by atoms with Crippen LogP contribution in [0, 0.1) is 6.92 Å². The van der Waals surface area contributed by atoms with Crippen molar-refractivity contribution in [2.24, 2.45) is 0 Å². The van der Waals surface area contributed by atoms with Gasteiger partial charge in [-0.2, -0.15) is 13.2 Å². The molecule has 0 saturated carbocycles. The minimum Gasteiger partial charge on any atom is -0.326 e. The van der Waals surface area contributed by atoms with Crippen molar-refractivity contribution in [1.29, 1.82) is 0 Å². The van der Waals surface area contributed by atoms with Crippen LogP contribution in [0.4, 0.5) is 23.7 Å². The summed E-state index contributed by atoms with van der Waals surface area (Å²) < 4.78 is 42.3. The number of imidazole rings is 1. The van der Waals surface area contributed by atoms with Gasteiger partial charge in [-0.3, -0.25) is 0 Å². The molecule has 5 rings (SSSR count). The molecule has 0 spiro atoms. The van der Waals surface area contributed by atoms with E-state index in [1.807, 2.05) is 23.6 Å². The van der Waals surface area contributed by atoms with Gasteiger partial charge in [0.2, 0.25) is 0 Å². The molecule has 1 unspecified atom stereocenters. The third kappa shape index (κ3) is 5.31. The largest absolute Gasteiger partial charge is 0.416 e. The number of hydrogen-bond donors (Lipinski definition) is 2. The minimum absolute atomic E-state index is 0.0408. The Balaban J connectivity index is 1.43. The Morgan fingerprint density at radius 3 is 2.58 bits per heavy atom. The van der Waals surface area contributed by atoms with Gasteiger partial charge in [0.25, 0.3) is 0 Å².